The molecule has 0 heterocycles. The van der Waals surface area contributed by atoms with Crippen LogP contribution in [0.5, 0.6) is 0 Å². The van der Waals surface area contributed by atoms with Gasteiger partial charge in [-0.25, -0.2) is 0 Å². The molecule has 0 bridgehead atoms. The lowest BCUT2D eigenvalue weighted by Gasteiger charge is -2.46. The number of hydrogen-bond acceptors (Lipinski definition) is 1. The first kappa shape index (κ1) is 15.0. The average Bonchev–Trinajstić information content (AvgIpc) is 2.06. The maximum Gasteiger partial charge on any atom is 0.138 e. The monoisotopic (exact) mass is 329 g/mol. The third kappa shape index (κ3) is 3.70. The van der Waals surface area contributed by atoms with Crippen LogP contribution in [0, 0.1) is 6.92 Å². The van der Waals surface area contributed by atoms with Gasteiger partial charge in [0.15, 0.2) is 0 Å². The molecule has 0 radical (unpaired) electrons. The Balaban J connectivity index is 3.29. The Morgan fingerprint density at radius 2 is 1.41 bits per heavy atom. The number of aryl methyl sites for hydroxylation is 1. The van der Waals surface area contributed by atoms with Gasteiger partial charge in [0.25, 0.3) is 0 Å². The Kier molecular flexibility index (Phi) is 4.32. The number of nitrogens with zero attached hydrogens (tertiary/aromatic N) is 1. The van der Waals surface area contributed by atoms with Crippen LogP contribution in [0.15, 0.2) is 22.7 Å². The van der Waals surface area contributed by atoms with E-state index in [1.165, 1.54) is 15.7 Å². The molecule has 17 heavy (non-hydrogen) atoms. The Morgan fingerprint density at radius 1 is 0.941 bits per heavy atom. The van der Waals surface area contributed by atoms with Gasteiger partial charge in [-0.2, -0.15) is 0 Å². The van der Waals surface area contributed by atoms with Crippen LogP contribution in [0.25, 0.3) is 0 Å². The summed E-state index contributed by atoms with van der Waals surface area (Å²) in [4.78, 5) is 0. The third-order valence-electron chi connectivity index (χ3n) is 2.76. The van der Waals surface area contributed by atoms with Gasteiger partial charge in [-0.15, -0.1) is 0 Å². The van der Waals surface area contributed by atoms with E-state index in [0.29, 0.717) is 0 Å². The van der Waals surface area contributed by atoms with E-state index in [4.69, 9.17) is 0 Å². The van der Waals surface area contributed by atoms with Crippen molar-refractivity contribution in [1.82, 2.24) is 0 Å². The van der Waals surface area contributed by atoms with Crippen molar-refractivity contribution in [2.45, 2.75) is 46.2 Å². The highest BCUT2D eigenvalue weighted by atomic mass is 79.9. The molecule has 0 aliphatic heterocycles. The molecular formula is C13H24BrNSi2. The first-order valence-corrected chi connectivity index (χ1v) is 13.8. The summed E-state index contributed by atoms with van der Waals surface area (Å²) >= 11 is 3.65. The van der Waals surface area contributed by atoms with E-state index in [9.17, 15) is 0 Å². The standard InChI is InChI=1S/C13H24BrNSi2/c1-11-8-9-12(10-13(11)14)15(16(2,3)4)17(5,6)7/h8-10H,1-7H3. The van der Waals surface area contributed by atoms with E-state index >= 15 is 0 Å². The summed E-state index contributed by atoms with van der Waals surface area (Å²) in [6, 6.07) is 6.77. The maximum absolute atomic E-state index is 3.65. The van der Waals surface area contributed by atoms with Gasteiger partial charge >= 0.3 is 0 Å². The van der Waals surface area contributed by atoms with E-state index in [1.54, 1.807) is 0 Å². The minimum absolute atomic E-state index is 1.22. The van der Waals surface area contributed by atoms with Crippen LogP contribution < -0.4 is 4.23 Å². The fourth-order valence-electron chi connectivity index (χ4n) is 2.50. The summed E-state index contributed by atoms with van der Waals surface area (Å²) < 4.78 is 3.96. The smallest absolute Gasteiger partial charge is 0.138 e. The summed E-state index contributed by atoms with van der Waals surface area (Å²) in [6.07, 6.45) is 0. The molecule has 0 atom stereocenters. The molecular weight excluding hydrogens is 306 g/mol. The highest BCUT2D eigenvalue weighted by Gasteiger charge is 2.34. The molecule has 0 amide bonds. The largest absolute Gasteiger partial charge is 0.425 e. The summed E-state index contributed by atoms with van der Waals surface area (Å²) in [5.41, 5.74) is 2.70. The Morgan fingerprint density at radius 3 is 1.76 bits per heavy atom. The van der Waals surface area contributed by atoms with Gasteiger partial charge in [0, 0.05) is 10.2 Å². The van der Waals surface area contributed by atoms with Crippen LogP contribution in [0.1, 0.15) is 5.56 Å². The van der Waals surface area contributed by atoms with Crippen molar-refractivity contribution in [1.29, 1.82) is 0 Å². The fraction of sp³-hybridized carbons (Fsp3) is 0.538. The normalized spacial score (nSPS) is 12.7. The molecule has 0 saturated carbocycles. The van der Waals surface area contributed by atoms with Gasteiger partial charge in [0.1, 0.15) is 16.5 Å². The van der Waals surface area contributed by atoms with Crippen LogP contribution in [0.4, 0.5) is 5.69 Å². The minimum Gasteiger partial charge on any atom is -0.425 e. The number of hydrogen-bond donors (Lipinski definition) is 0. The average molecular weight is 330 g/mol. The molecule has 0 fully saturated rings. The fourth-order valence-corrected chi connectivity index (χ4v) is 12.7. The van der Waals surface area contributed by atoms with Crippen LogP contribution in [0.3, 0.4) is 0 Å². The van der Waals surface area contributed by atoms with E-state index in [1.807, 2.05) is 0 Å². The Hall–Kier alpha value is -0.0662. The lowest BCUT2D eigenvalue weighted by molar-refractivity contribution is 1.33. The second-order valence-electron chi connectivity index (χ2n) is 6.61. The molecule has 4 heteroatoms. The van der Waals surface area contributed by atoms with Gasteiger partial charge in [-0.05, 0) is 24.6 Å². The van der Waals surface area contributed by atoms with E-state index in [2.05, 4.69) is 84.6 Å². The van der Waals surface area contributed by atoms with Gasteiger partial charge in [-0.3, -0.25) is 0 Å². The SMILES string of the molecule is Cc1ccc(N([Si](C)(C)C)[Si](C)(C)C)cc1Br. The summed E-state index contributed by atoms with van der Waals surface area (Å²) in [7, 11) is -2.66. The van der Waals surface area contributed by atoms with Crippen molar-refractivity contribution >= 4 is 38.1 Å². The molecule has 96 valence electrons. The zero-order chi connectivity index (χ0) is 13.4. The molecule has 0 aliphatic carbocycles. The van der Waals surface area contributed by atoms with Gasteiger partial charge in [-0.1, -0.05) is 61.3 Å². The summed E-state index contributed by atoms with van der Waals surface area (Å²) in [6.45, 7) is 16.7. The predicted molar refractivity (Wildman–Crippen MR) is 88.1 cm³/mol. The van der Waals surface area contributed by atoms with Crippen LogP contribution in [-0.4, -0.2) is 16.5 Å². The number of benzene rings is 1. The van der Waals surface area contributed by atoms with Gasteiger partial charge < -0.3 is 4.23 Å². The van der Waals surface area contributed by atoms with Crippen molar-refractivity contribution < 1.29 is 0 Å². The lowest BCUT2D eigenvalue weighted by atomic mass is 10.2. The topological polar surface area (TPSA) is 3.24 Å². The zero-order valence-electron chi connectivity index (χ0n) is 12.1. The van der Waals surface area contributed by atoms with Crippen molar-refractivity contribution in [2.24, 2.45) is 0 Å². The molecule has 0 aliphatic rings. The van der Waals surface area contributed by atoms with Crippen molar-refractivity contribution in [2.75, 3.05) is 4.23 Å². The highest BCUT2D eigenvalue weighted by Crippen LogP contribution is 2.31. The molecule has 1 aromatic carbocycles. The molecule has 0 spiro atoms. The summed E-state index contributed by atoms with van der Waals surface area (Å²) in [5.74, 6) is 0. The van der Waals surface area contributed by atoms with Crippen LogP contribution >= 0.6 is 15.9 Å². The predicted octanol–water partition coefficient (Wildman–Crippen LogP) is 5.23. The number of halogens is 1. The zero-order valence-corrected chi connectivity index (χ0v) is 15.6. The Bertz CT molecular complexity index is 391. The number of anilines is 1. The van der Waals surface area contributed by atoms with Crippen molar-refractivity contribution in [3.63, 3.8) is 0 Å². The molecule has 0 aromatic heterocycles. The molecule has 0 unspecified atom stereocenters. The highest BCUT2D eigenvalue weighted by molar-refractivity contribution is 9.10. The Labute approximate surface area is 117 Å². The molecule has 1 rings (SSSR count). The van der Waals surface area contributed by atoms with E-state index in [-0.39, 0.29) is 0 Å². The van der Waals surface area contributed by atoms with Crippen molar-refractivity contribution in [3.05, 3.63) is 28.2 Å². The molecule has 0 saturated heterocycles. The maximum atomic E-state index is 3.65. The van der Waals surface area contributed by atoms with Crippen LogP contribution in [-0.2, 0) is 0 Å². The van der Waals surface area contributed by atoms with Gasteiger partial charge in [0.2, 0.25) is 0 Å². The molecule has 1 aromatic rings. The minimum atomic E-state index is -1.33. The van der Waals surface area contributed by atoms with E-state index in [0.717, 1.165) is 0 Å². The molecule has 1 nitrogen and oxygen atoms in total. The first-order chi connectivity index (χ1) is 7.53. The quantitative estimate of drug-likeness (QED) is 0.686. The summed E-state index contributed by atoms with van der Waals surface area (Å²) in [5, 5.41) is 0. The number of rotatable bonds is 3. The second kappa shape index (κ2) is 4.90. The third-order valence-corrected chi connectivity index (χ3v) is 10.8. The van der Waals surface area contributed by atoms with Gasteiger partial charge in [0.05, 0.1) is 0 Å². The van der Waals surface area contributed by atoms with Crippen molar-refractivity contribution in [3.8, 4) is 0 Å². The first-order valence-electron chi connectivity index (χ1n) is 6.10. The second-order valence-corrected chi connectivity index (χ2v) is 17.5. The van der Waals surface area contributed by atoms with E-state index < -0.39 is 16.5 Å². The molecule has 0 N–H and O–H groups in total. The lowest BCUT2D eigenvalue weighted by Crippen LogP contribution is -2.59. The van der Waals surface area contributed by atoms with Crippen LogP contribution in [0.2, 0.25) is 39.3 Å².